The van der Waals surface area contributed by atoms with E-state index in [1.165, 1.54) is 0 Å². The molecule has 6 heteroatoms. The lowest BCUT2D eigenvalue weighted by atomic mass is 10.2. The molecule has 2 N–H and O–H groups in total. The largest absolute Gasteiger partial charge is 0.481 e. The fraction of sp³-hybridized carbons (Fsp3) is 0.333. The lowest BCUT2D eigenvalue weighted by molar-refractivity contribution is -0.136. The summed E-state index contributed by atoms with van der Waals surface area (Å²) in [4.78, 5) is 23.9. The Morgan fingerprint density at radius 2 is 2.19 bits per heavy atom. The van der Waals surface area contributed by atoms with Gasteiger partial charge in [-0.3, -0.25) is 9.78 Å². The van der Waals surface area contributed by atoms with Gasteiger partial charge in [0.2, 0.25) is 0 Å². The van der Waals surface area contributed by atoms with Crippen LogP contribution in [0.5, 0.6) is 0 Å². The van der Waals surface area contributed by atoms with Crippen LogP contribution in [-0.2, 0) is 4.79 Å². The van der Waals surface area contributed by atoms with Gasteiger partial charge in [-0.05, 0) is 25.0 Å². The summed E-state index contributed by atoms with van der Waals surface area (Å²) in [6.45, 7) is 0.345. The maximum Gasteiger partial charge on any atom is 0.305 e. The van der Waals surface area contributed by atoms with Gasteiger partial charge in [-0.25, -0.2) is 9.97 Å². The summed E-state index contributed by atoms with van der Waals surface area (Å²) in [6.07, 6.45) is 4.06. The summed E-state index contributed by atoms with van der Waals surface area (Å²) in [6, 6.07) is 7.52. The van der Waals surface area contributed by atoms with Crippen molar-refractivity contribution >= 4 is 11.8 Å². The fourth-order valence-corrected chi connectivity index (χ4v) is 2.05. The van der Waals surface area contributed by atoms with E-state index in [1.54, 1.807) is 6.20 Å². The molecule has 3 rings (SSSR count). The smallest absolute Gasteiger partial charge is 0.305 e. The Balaban J connectivity index is 1.85. The number of pyridine rings is 1. The molecule has 21 heavy (non-hydrogen) atoms. The molecular weight excluding hydrogens is 268 g/mol. The third kappa shape index (κ3) is 3.53. The molecule has 2 aromatic rings. The monoisotopic (exact) mass is 284 g/mol. The highest BCUT2D eigenvalue weighted by atomic mass is 16.4. The summed E-state index contributed by atoms with van der Waals surface area (Å²) >= 11 is 0. The van der Waals surface area contributed by atoms with Crippen molar-refractivity contribution in [2.75, 3.05) is 11.9 Å². The summed E-state index contributed by atoms with van der Waals surface area (Å²) in [5, 5.41) is 11.7. The first-order valence-electron chi connectivity index (χ1n) is 6.98. The molecule has 0 aromatic carbocycles. The molecule has 0 saturated heterocycles. The number of hydrogen-bond acceptors (Lipinski definition) is 5. The molecule has 0 unspecified atom stereocenters. The van der Waals surface area contributed by atoms with Gasteiger partial charge < -0.3 is 10.4 Å². The van der Waals surface area contributed by atoms with E-state index < -0.39 is 5.97 Å². The minimum Gasteiger partial charge on any atom is -0.481 e. The highest BCUT2D eigenvalue weighted by Gasteiger charge is 2.26. The minimum absolute atomic E-state index is 0.0572. The van der Waals surface area contributed by atoms with Crippen LogP contribution in [-0.4, -0.2) is 32.6 Å². The molecule has 0 aliphatic heterocycles. The summed E-state index contributed by atoms with van der Waals surface area (Å²) in [5.41, 5.74) is 1.73. The Morgan fingerprint density at radius 3 is 2.86 bits per heavy atom. The van der Waals surface area contributed by atoms with Crippen molar-refractivity contribution in [2.24, 2.45) is 0 Å². The first kappa shape index (κ1) is 13.5. The van der Waals surface area contributed by atoms with Crippen LogP contribution in [0.15, 0.2) is 30.5 Å². The Labute approximate surface area is 122 Å². The molecule has 1 fully saturated rings. The zero-order valence-electron chi connectivity index (χ0n) is 11.5. The van der Waals surface area contributed by atoms with Crippen LogP contribution in [0, 0.1) is 0 Å². The molecule has 1 aliphatic rings. The maximum atomic E-state index is 10.6. The maximum absolute atomic E-state index is 10.6. The average Bonchev–Trinajstić information content (AvgIpc) is 3.32. The number of rotatable bonds is 6. The van der Waals surface area contributed by atoms with Crippen LogP contribution >= 0.6 is 0 Å². The average molecular weight is 284 g/mol. The second-order valence-corrected chi connectivity index (χ2v) is 5.06. The number of aliphatic carboxylic acids is 1. The van der Waals surface area contributed by atoms with Crippen molar-refractivity contribution in [2.45, 2.75) is 25.2 Å². The molecule has 0 atom stereocenters. The van der Waals surface area contributed by atoms with Gasteiger partial charge in [-0.15, -0.1) is 0 Å². The van der Waals surface area contributed by atoms with Crippen LogP contribution in [0.1, 0.15) is 30.9 Å². The fourth-order valence-electron chi connectivity index (χ4n) is 2.05. The van der Waals surface area contributed by atoms with Crippen LogP contribution in [0.4, 0.5) is 5.82 Å². The van der Waals surface area contributed by atoms with Gasteiger partial charge in [-0.2, -0.15) is 0 Å². The van der Waals surface area contributed by atoms with Crippen molar-refractivity contribution in [1.29, 1.82) is 0 Å². The van der Waals surface area contributed by atoms with E-state index in [1.807, 2.05) is 24.3 Å². The highest BCUT2D eigenvalue weighted by molar-refractivity contribution is 5.67. The number of nitrogens with one attached hydrogen (secondary N) is 1. The number of aromatic nitrogens is 3. The Hall–Kier alpha value is -2.50. The summed E-state index contributed by atoms with van der Waals surface area (Å²) in [5.74, 6) is 0.908. The first-order valence-corrected chi connectivity index (χ1v) is 6.98. The second kappa shape index (κ2) is 5.87. The summed E-state index contributed by atoms with van der Waals surface area (Å²) in [7, 11) is 0. The molecule has 2 aromatic heterocycles. The zero-order valence-corrected chi connectivity index (χ0v) is 11.5. The molecule has 0 amide bonds. The molecule has 0 bridgehead atoms. The molecule has 2 heterocycles. The Morgan fingerprint density at radius 1 is 1.33 bits per heavy atom. The van der Waals surface area contributed by atoms with E-state index in [0.717, 1.165) is 24.2 Å². The van der Waals surface area contributed by atoms with E-state index in [-0.39, 0.29) is 6.42 Å². The quantitative estimate of drug-likeness (QED) is 0.846. The number of anilines is 1. The third-order valence-corrected chi connectivity index (χ3v) is 3.28. The normalized spacial score (nSPS) is 13.9. The predicted octanol–water partition coefficient (Wildman–Crippen LogP) is 2.30. The molecule has 108 valence electrons. The highest BCUT2D eigenvalue weighted by Crippen LogP contribution is 2.40. The van der Waals surface area contributed by atoms with Crippen LogP contribution in [0.3, 0.4) is 0 Å². The topological polar surface area (TPSA) is 88.0 Å². The molecule has 6 nitrogen and oxygen atoms in total. The van der Waals surface area contributed by atoms with E-state index in [0.29, 0.717) is 24.1 Å². The van der Waals surface area contributed by atoms with Gasteiger partial charge in [0.1, 0.15) is 11.5 Å². The predicted molar refractivity (Wildman–Crippen MR) is 78.0 cm³/mol. The van der Waals surface area contributed by atoms with Crippen molar-refractivity contribution in [3.63, 3.8) is 0 Å². The van der Waals surface area contributed by atoms with E-state index in [4.69, 9.17) is 5.11 Å². The number of nitrogens with zero attached hydrogens (tertiary/aromatic N) is 3. The zero-order chi connectivity index (χ0) is 14.7. The van der Waals surface area contributed by atoms with Gasteiger partial charge in [0.25, 0.3) is 0 Å². The first-order chi connectivity index (χ1) is 10.2. The molecular formula is C15H16N4O2. The molecule has 1 aliphatic carbocycles. The standard InChI is InChI=1S/C15H16N4O2/c20-14(21)6-8-17-13-9-12(10-4-5-10)18-15(19-13)11-3-1-2-7-16-11/h1-3,7,9-10H,4-6,8H2,(H,20,21)(H,17,18,19). The number of carbonyl (C=O) groups is 1. The lowest BCUT2D eigenvalue weighted by Crippen LogP contribution is -2.10. The van der Waals surface area contributed by atoms with E-state index in [9.17, 15) is 4.79 Å². The van der Waals surface area contributed by atoms with Crippen LogP contribution in [0.25, 0.3) is 11.5 Å². The van der Waals surface area contributed by atoms with Gasteiger partial charge >= 0.3 is 5.97 Å². The SMILES string of the molecule is O=C(O)CCNc1cc(C2CC2)nc(-c2ccccn2)n1. The number of carboxylic acids is 1. The minimum atomic E-state index is -0.830. The molecule has 0 radical (unpaired) electrons. The summed E-state index contributed by atoms with van der Waals surface area (Å²) < 4.78 is 0. The van der Waals surface area contributed by atoms with Gasteiger partial charge in [0, 0.05) is 30.4 Å². The van der Waals surface area contributed by atoms with Crippen molar-refractivity contribution in [1.82, 2.24) is 15.0 Å². The number of hydrogen-bond donors (Lipinski definition) is 2. The van der Waals surface area contributed by atoms with Crippen LogP contribution < -0.4 is 5.32 Å². The van der Waals surface area contributed by atoms with Crippen molar-refractivity contribution in [3.8, 4) is 11.5 Å². The lowest BCUT2D eigenvalue weighted by Gasteiger charge is -2.08. The molecule has 0 spiro atoms. The molecule has 1 saturated carbocycles. The Kier molecular flexibility index (Phi) is 3.77. The van der Waals surface area contributed by atoms with Gasteiger partial charge in [0.15, 0.2) is 5.82 Å². The van der Waals surface area contributed by atoms with Crippen molar-refractivity contribution in [3.05, 3.63) is 36.2 Å². The second-order valence-electron chi connectivity index (χ2n) is 5.06. The van der Waals surface area contributed by atoms with Crippen molar-refractivity contribution < 1.29 is 9.90 Å². The van der Waals surface area contributed by atoms with Crippen LogP contribution in [0.2, 0.25) is 0 Å². The third-order valence-electron chi connectivity index (χ3n) is 3.28. The van der Waals surface area contributed by atoms with E-state index >= 15 is 0 Å². The number of carboxylic acid groups (broad SMARTS) is 1. The van der Waals surface area contributed by atoms with E-state index in [2.05, 4.69) is 20.3 Å². The van der Waals surface area contributed by atoms with Gasteiger partial charge in [-0.1, -0.05) is 6.07 Å². The van der Waals surface area contributed by atoms with Gasteiger partial charge in [0.05, 0.1) is 6.42 Å². The Bertz CT molecular complexity index is 641.